The third kappa shape index (κ3) is 2.04. The van der Waals surface area contributed by atoms with Gasteiger partial charge < -0.3 is 5.11 Å². The van der Waals surface area contributed by atoms with Crippen LogP contribution in [0.5, 0.6) is 0 Å². The number of anilines is 1. The number of hydrogen-bond donors (Lipinski definition) is 2. The number of nitrogens with one attached hydrogen (secondary N) is 1. The molecule has 5 nitrogen and oxygen atoms in total. The van der Waals surface area contributed by atoms with Crippen LogP contribution in [0.25, 0.3) is 0 Å². The molecule has 2 rings (SSSR count). The van der Waals surface area contributed by atoms with Gasteiger partial charge in [-0.15, -0.1) is 0 Å². The number of nitrogens with zero attached hydrogens (tertiary/aromatic N) is 1. The zero-order valence-corrected chi connectivity index (χ0v) is 8.64. The molecule has 0 saturated carbocycles. The molecule has 1 amide bonds. The number of amides is 1. The lowest BCUT2D eigenvalue weighted by molar-refractivity contribution is -0.120. The number of carboxylic acids is 1. The first-order valence-corrected chi connectivity index (χ1v) is 5.08. The van der Waals surface area contributed by atoms with Crippen molar-refractivity contribution in [3.63, 3.8) is 0 Å². The first-order chi connectivity index (χ1) is 7.68. The number of carbonyl (C=O) groups is 2. The number of carbonyl (C=O) groups excluding carboxylic acids is 1. The Balaban J connectivity index is 2.20. The van der Waals surface area contributed by atoms with Gasteiger partial charge in [0.25, 0.3) is 0 Å². The number of benzene rings is 1. The molecule has 1 aliphatic heterocycles. The van der Waals surface area contributed by atoms with E-state index in [4.69, 9.17) is 5.11 Å². The van der Waals surface area contributed by atoms with E-state index in [-0.39, 0.29) is 11.5 Å². The van der Waals surface area contributed by atoms with Gasteiger partial charge in [0, 0.05) is 13.0 Å². The van der Waals surface area contributed by atoms with Gasteiger partial charge in [-0.3, -0.25) is 4.79 Å². The molecule has 1 aromatic rings. The molecule has 0 bridgehead atoms. The highest BCUT2D eigenvalue weighted by molar-refractivity contribution is 5.94. The highest BCUT2D eigenvalue weighted by Gasteiger charge is 2.19. The molecule has 0 unspecified atom stereocenters. The number of rotatable bonds is 2. The first kappa shape index (κ1) is 10.6. The van der Waals surface area contributed by atoms with Crippen LogP contribution in [0.2, 0.25) is 0 Å². The lowest BCUT2D eigenvalue weighted by Gasteiger charge is -2.27. The van der Waals surface area contributed by atoms with Crippen molar-refractivity contribution >= 4 is 17.6 Å². The molecule has 0 aromatic heterocycles. The van der Waals surface area contributed by atoms with Crippen LogP contribution < -0.4 is 10.4 Å². The van der Waals surface area contributed by atoms with E-state index < -0.39 is 5.97 Å². The monoisotopic (exact) mass is 220 g/mol. The Labute approximate surface area is 92.6 Å². The summed E-state index contributed by atoms with van der Waals surface area (Å²) in [5.41, 5.74) is 3.86. The Morgan fingerprint density at radius 2 is 2.00 bits per heavy atom. The van der Waals surface area contributed by atoms with Gasteiger partial charge in [-0.1, -0.05) is 0 Å². The molecule has 1 fully saturated rings. The van der Waals surface area contributed by atoms with Crippen molar-refractivity contribution in [1.29, 1.82) is 0 Å². The fourth-order valence-electron chi connectivity index (χ4n) is 1.62. The van der Waals surface area contributed by atoms with E-state index in [1.165, 1.54) is 17.1 Å². The summed E-state index contributed by atoms with van der Waals surface area (Å²) in [6.45, 7) is 0.756. The van der Waals surface area contributed by atoms with Crippen LogP contribution in [-0.4, -0.2) is 23.5 Å². The maximum absolute atomic E-state index is 11.6. The van der Waals surface area contributed by atoms with Gasteiger partial charge in [-0.25, -0.2) is 15.2 Å². The van der Waals surface area contributed by atoms with Crippen LogP contribution in [0.3, 0.4) is 0 Å². The third-order valence-corrected chi connectivity index (χ3v) is 2.46. The molecule has 0 atom stereocenters. The summed E-state index contributed by atoms with van der Waals surface area (Å²) in [5.74, 6) is -0.959. The maximum atomic E-state index is 11.6. The number of aromatic carboxylic acids is 1. The van der Waals surface area contributed by atoms with Gasteiger partial charge in [0.2, 0.25) is 5.91 Å². The molecule has 5 heteroatoms. The number of carboxylic acid groups (broad SMARTS) is 1. The van der Waals surface area contributed by atoms with Crippen LogP contribution in [0.1, 0.15) is 23.2 Å². The Bertz CT molecular complexity index is 414. The van der Waals surface area contributed by atoms with Crippen LogP contribution in [0, 0.1) is 0 Å². The first-order valence-electron chi connectivity index (χ1n) is 5.08. The van der Waals surface area contributed by atoms with E-state index in [9.17, 15) is 9.59 Å². The molecule has 0 aliphatic carbocycles. The molecule has 1 heterocycles. The van der Waals surface area contributed by atoms with E-state index >= 15 is 0 Å². The smallest absolute Gasteiger partial charge is 0.335 e. The molecular weight excluding hydrogens is 208 g/mol. The van der Waals surface area contributed by atoms with Gasteiger partial charge >= 0.3 is 5.97 Å². The minimum atomic E-state index is -0.968. The van der Waals surface area contributed by atoms with E-state index in [0.717, 1.165) is 13.0 Å². The van der Waals surface area contributed by atoms with E-state index in [2.05, 4.69) is 5.43 Å². The summed E-state index contributed by atoms with van der Waals surface area (Å²) >= 11 is 0. The number of hydrogen-bond acceptors (Lipinski definition) is 3. The molecule has 1 aliphatic rings. The van der Waals surface area contributed by atoms with Crippen molar-refractivity contribution in [2.24, 2.45) is 0 Å². The number of hydrazine groups is 1. The molecule has 0 spiro atoms. The molecular formula is C11H12N2O3. The normalized spacial score (nSPS) is 16.2. The van der Waals surface area contributed by atoms with Gasteiger partial charge in [0.15, 0.2) is 0 Å². The molecule has 1 aromatic carbocycles. The summed E-state index contributed by atoms with van der Waals surface area (Å²) in [5, 5.41) is 10.2. The second-order valence-electron chi connectivity index (χ2n) is 3.59. The minimum absolute atomic E-state index is 0.00863. The predicted octanol–water partition coefficient (Wildman–Crippen LogP) is 1.02. The largest absolute Gasteiger partial charge is 0.478 e. The lowest BCUT2D eigenvalue weighted by atomic mass is 10.2. The van der Waals surface area contributed by atoms with E-state index in [0.29, 0.717) is 12.1 Å². The minimum Gasteiger partial charge on any atom is -0.478 e. The average molecular weight is 220 g/mol. The van der Waals surface area contributed by atoms with Crippen LogP contribution in [0.4, 0.5) is 5.69 Å². The average Bonchev–Trinajstić information content (AvgIpc) is 2.30. The molecule has 0 radical (unpaired) electrons. The quantitative estimate of drug-likeness (QED) is 0.780. The van der Waals surface area contributed by atoms with Gasteiger partial charge in [-0.2, -0.15) is 0 Å². The van der Waals surface area contributed by atoms with Crippen LogP contribution in [-0.2, 0) is 4.79 Å². The highest BCUT2D eigenvalue weighted by Crippen LogP contribution is 2.17. The zero-order valence-electron chi connectivity index (χ0n) is 8.64. The SMILES string of the molecule is O=C(O)c1ccc(N2NCCCC2=O)cc1. The standard InChI is InChI=1S/C11H12N2O3/c14-10-2-1-7-12-13(10)9-5-3-8(4-6-9)11(15)16/h3-6,12H,1-2,7H2,(H,15,16). The van der Waals surface area contributed by atoms with Crippen LogP contribution in [0.15, 0.2) is 24.3 Å². The highest BCUT2D eigenvalue weighted by atomic mass is 16.4. The molecule has 1 saturated heterocycles. The van der Waals surface area contributed by atoms with Crippen molar-refractivity contribution in [2.75, 3.05) is 11.6 Å². The summed E-state index contributed by atoms with van der Waals surface area (Å²) < 4.78 is 0. The Kier molecular flexibility index (Phi) is 2.87. The summed E-state index contributed by atoms with van der Waals surface area (Å²) in [7, 11) is 0. The van der Waals surface area contributed by atoms with Crippen molar-refractivity contribution in [2.45, 2.75) is 12.8 Å². The van der Waals surface area contributed by atoms with Crippen molar-refractivity contribution in [1.82, 2.24) is 5.43 Å². The zero-order chi connectivity index (χ0) is 11.5. The summed E-state index contributed by atoms with van der Waals surface area (Å²) in [4.78, 5) is 22.2. The Morgan fingerprint density at radius 3 is 2.56 bits per heavy atom. The van der Waals surface area contributed by atoms with Crippen LogP contribution >= 0.6 is 0 Å². The van der Waals surface area contributed by atoms with Gasteiger partial charge in [0.05, 0.1) is 11.3 Å². The summed E-state index contributed by atoms with van der Waals surface area (Å²) in [6.07, 6.45) is 1.36. The van der Waals surface area contributed by atoms with E-state index in [1.54, 1.807) is 12.1 Å². The molecule has 84 valence electrons. The fourth-order valence-corrected chi connectivity index (χ4v) is 1.62. The van der Waals surface area contributed by atoms with E-state index in [1.807, 2.05) is 0 Å². The maximum Gasteiger partial charge on any atom is 0.335 e. The Hall–Kier alpha value is -1.88. The second kappa shape index (κ2) is 4.32. The third-order valence-electron chi connectivity index (χ3n) is 2.46. The molecule has 2 N–H and O–H groups in total. The van der Waals surface area contributed by atoms with Crippen molar-refractivity contribution < 1.29 is 14.7 Å². The second-order valence-corrected chi connectivity index (χ2v) is 3.59. The van der Waals surface area contributed by atoms with Crippen molar-refractivity contribution in [3.05, 3.63) is 29.8 Å². The van der Waals surface area contributed by atoms with Gasteiger partial charge in [-0.05, 0) is 30.7 Å². The Morgan fingerprint density at radius 1 is 1.31 bits per heavy atom. The lowest BCUT2D eigenvalue weighted by Crippen LogP contribution is -2.47. The summed E-state index contributed by atoms with van der Waals surface area (Å²) in [6, 6.07) is 6.22. The van der Waals surface area contributed by atoms with Gasteiger partial charge in [0.1, 0.15) is 0 Å². The van der Waals surface area contributed by atoms with Crippen molar-refractivity contribution in [3.8, 4) is 0 Å². The predicted molar refractivity (Wildman–Crippen MR) is 58.1 cm³/mol. The fraction of sp³-hybridized carbons (Fsp3) is 0.273. The topological polar surface area (TPSA) is 69.6 Å². The molecule has 16 heavy (non-hydrogen) atoms.